The van der Waals surface area contributed by atoms with Crippen LogP contribution in [0.2, 0.25) is 0 Å². The van der Waals surface area contributed by atoms with Crippen LogP contribution in [0, 0.1) is 0 Å². The smallest absolute Gasteiger partial charge is 0.287 e. The van der Waals surface area contributed by atoms with Crippen molar-refractivity contribution >= 4 is 21.8 Å². The average Bonchev–Trinajstić information content (AvgIpc) is 3.06. The van der Waals surface area contributed by atoms with Crippen molar-refractivity contribution < 1.29 is 22.4 Å². The predicted octanol–water partition coefficient (Wildman–Crippen LogP) is 0.534. The van der Waals surface area contributed by atoms with Crippen molar-refractivity contribution in [3.05, 3.63) is 54.0 Å². The van der Waals surface area contributed by atoms with Gasteiger partial charge in [-0.05, 0) is 36.8 Å². The van der Waals surface area contributed by atoms with Crippen LogP contribution < -0.4 is 15.8 Å². The molecule has 0 unspecified atom stereocenters. The van der Waals surface area contributed by atoms with Crippen LogP contribution in [0.4, 0.5) is 0 Å². The van der Waals surface area contributed by atoms with Gasteiger partial charge in [0.2, 0.25) is 15.9 Å². The maximum absolute atomic E-state index is 11.9. The lowest BCUT2D eigenvalue weighted by Gasteiger charge is -2.15. The first-order valence-electron chi connectivity index (χ1n) is 7.01. The lowest BCUT2D eigenvalue weighted by atomic mass is 10.1. The molecule has 0 radical (unpaired) electrons. The minimum Gasteiger partial charge on any atom is -0.459 e. The Labute approximate surface area is 139 Å². The summed E-state index contributed by atoms with van der Waals surface area (Å²) in [5.41, 5.74) is 0.702. The minimum absolute atomic E-state index is 0.00418. The average molecular weight is 351 g/mol. The molecule has 1 aromatic carbocycles. The van der Waals surface area contributed by atoms with E-state index in [0.717, 1.165) is 0 Å². The molecule has 2 rings (SSSR count). The van der Waals surface area contributed by atoms with E-state index >= 15 is 0 Å². The molecule has 2 aromatic rings. The van der Waals surface area contributed by atoms with Gasteiger partial charge in [0.05, 0.1) is 23.7 Å². The van der Waals surface area contributed by atoms with E-state index in [1.54, 1.807) is 25.1 Å². The lowest BCUT2D eigenvalue weighted by molar-refractivity contribution is -0.120. The monoisotopic (exact) mass is 351 g/mol. The Balaban J connectivity index is 1.88. The van der Waals surface area contributed by atoms with Crippen LogP contribution in [0.15, 0.2) is 52.0 Å². The molecule has 8 nitrogen and oxygen atoms in total. The lowest BCUT2D eigenvalue weighted by Crippen LogP contribution is -2.37. The number of furan rings is 1. The van der Waals surface area contributed by atoms with Crippen molar-refractivity contribution in [1.29, 1.82) is 0 Å². The number of nitrogens with one attached hydrogen (secondary N) is 2. The van der Waals surface area contributed by atoms with Crippen LogP contribution >= 0.6 is 0 Å². The third-order valence-electron chi connectivity index (χ3n) is 3.24. The van der Waals surface area contributed by atoms with E-state index in [0.29, 0.717) is 5.56 Å². The first kappa shape index (κ1) is 17.7. The zero-order valence-corrected chi connectivity index (χ0v) is 13.7. The quantitative estimate of drug-likeness (QED) is 0.699. The third kappa shape index (κ3) is 4.67. The van der Waals surface area contributed by atoms with Gasteiger partial charge in [-0.2, -0.15) is 0 Å². The minimum atomic E-state index is -3.75. The highest BCUT2D eigenvalue weighted by Gasteiger charge is 2.14. The van der Waals surface area contributed by atoms with Gasteiger partial charge in [-0.25, -0.2) is 13.6 Å². The van der Waals surface area contributed by atoms with Gasteiger partial charge in [0.15, 0.2) is 5.76 Å². The van der Waals surface area contributed by atoms with Crippen molar-refractivity contribution in [2.24, 2.45) is 5.14 Å². The summed E-state index contributed by atoms with van der Waals surface area (Å²) in [6, 6.07) is 8.55. The second-order valence-electron chi connectivity index (χ2n) is 5.06. The molecule has 24 heavy (non-hydrogen) atoms. The molecule has 0 saturated carbocycles. The van der Waals surface area contributed by atoms with Crippen LogP contribution in [0.25, 0.3) is 0 Å². The summed E-state index contributed by atoms with van der Waals surface area (Å²) in [5.74, 6) is -0.757. The number of hydrogen-bond acceptors (Lipinski definition) is 5. The standard InChI is InChI=1S/C15H17N3O5S/c1-10(11-4-6-12(7-5-11)24(16,21)22)18-14(19)9-17-15(20)13-3-2-8-23-13/h2-8,10H,9H2,1H3,(H,17,20)(H,18,19)(H2,16,21,22)/t10-/m0/s1. The van der Waals surface area contributed by atoms with Crippen molar-refractivity contribution in [2.45, 2.75) is 17.9 Å². The number of rotatable bonds is 6. The molecule has 0 aliphatic carbocycles. The summed E-state index contributed by atoms with van der Waals surface area (Å²) in [7, 11) is -3.75. The van der Waals surface area contributed by atoms with Gasteiger partial charge in [-0.1, -0.05) is 12.1 Å². The maximum Gasteiger partial charge on any atom is 0.287 e. The third-order valence-corrected chi connectivity index (χ3v) is 4.17. The molecular formula is C15H17N3O5S. The number of hydrogen-bond donors (Lipinski definition) is 3. The van der Waals surface area contributed by atoms with Crippen LogP contribution in [0.5, 0.6) is 0 Å². The first-order valence-corrected chi connectivity index (χ1v) is 8.56. The Morgan fingerprint density at radius 3 is 2.42 bits per heavy atom. The summed E-state index contributed by atoms with van der Waals surface area (Å²) in [4.78, 5) is 23.5. The molecule has 1 aromatic heterocycles. The molecule has 2 amide bonds. The summed E-state index contributed by atoms with van der Waals surface area (Å²) in [5, 5.41) is 10.1. The predicted molar refractivity (Wildman–Crippen MR) is 85.4 cm³/mol. The highest BCUT2D eigenvalue weighted by atomic mass is 32.2. The molecule has 0 saturated heterocycles. The van der Waals surface area contributed by atoms with Gasteiger partial charge in [0.1, 0.15) is 0 Å². The SMILES string of the molecule is C[C@H](NC(=O)CNC(=O)c1ccco1)c1ccc(S(N)(=O)=O)cc1. The maximum atomic E-state index is 11.9. The van der Waals surface area contributed by atoms with E-state index in [4.69, 9.17) is 9.56 Å². The Morgan fingerprint density at radius 2 is 1.88 bits per heavy atom. The number of benzene rings is 1. The largest absolute Gasteiger partial charge is 0.459 e. The zero-order valence-electron chi connectivity index (χ0n) is 12.9. The molecule has 0 aliphatic rings. The van der Waals surface area contributed by atoms with Gasteiger partial charge in [0.25, 0.3) is 5.91 Å². The molecule has 9 heteroatoms. The molecule has 1 atom stereocenters. The first-order chi connectivity index (χ1) is 11.3. The number of carbonyl (C=O) groups excluding carboxylic acids is 2. The Kier molecular flexibility index (Phi) is 5.37. The van der Waals surface area contributed by atoms with Crippen LogP contribution in [0.3, 0.4) is 0 Å². The summed E-state index contributed by atoms with van der Waals surface area (Å²) < 4.78 is 27.3. The number of nitrogens with two attached hydrogens (primary N) is 1. The van der Waals surface area contributed by atoms with Crippen molar-refractivity contribution in [3.8, 4) is 0 Å². The van der Waals surface area contributed by atoms with Gasteiger partial charge in [-0.15, -0.1) is 0 Å². The van der Waals surface area contributed by atoms with Crippen LogP contribution in [0.1, 0.15) is 29.1 Å². The van der Waals surface area contributed by atoms with Crippen molar-refractivity contribution in [3.63, 3.8) is 0 Å². The van der Waals surface area contributed by atoms with Crippen molar-refractivity contribution in [2.75, 3.05) is 6.54 Å². The van der Waals surface area contributed by atoms with Gasteiger partial charge >= 0.3 is 0 Å². The van der Waals surface area contributed by atoms with Crippen LogP contribution in [-0.2, 0) is 14.8 Å². The van der Waals surface area contributed by atoms with Crippen molar-refractivity contribution in [1.82, 2.24) is 10.6 Å². The van der Waals surface area contributed by atoms with Gasteiger partial charge < -0.3 is 15.1 Å². The molecular weight excluding hydrogens is 334 g/mol. The second kappa shape index (κ2) is 7.28. The van der Waals surface area contributed by atoms with Gasteiger partial charge in [-0.3, -0.25) is 9.59 Å². The highest BCUT2D eigenvalue weighted by Crippen LogP contribution is 2.15. The highest BCUT2D eigenvalue weighted by molar-refractivity contribution is 7.89. The van der Waals surface area contributed by atoms with Crippen LogP contribution in [-0.4, -0.2) is 26.8 Å². The fourth-order valence-electron chi connectivity index (χ4n) is 1.98. The molecule has 1 heterocycles. The molecule has 0 aliphatic heterocycles. The fourth-order valence-corrected chi connectivity index (χ4v) is 2.49. The van der Waals surface area contributed by atoms with E-state index < -0.39 is 21.8 Å². The Hall–Kier alpha value is -2.65. The van der Waals surface area contributed by atoms with E-state index in [1.807, 2.05) is 0 Å². The number of primary sulfonamides is 1. The second-order valence-corrected chi connectivity index (χ2v) is 6.62. The number of amides is 2. The molecule has 0 bridgehead atoms. The van der Waals surface area contributed by atoms with E-state index in [1.165, 1.54) is 24.5 Å². The number of carbonyl (C=O) groups is 2. The summed E-state index contributed by atoms with van der Waals surface area (Å²) in [6.45, 7) is 1.53. The zero-order chi connectivity index (χ0) is 17.7. The Morgan fingerprint density at radius 1 is 1.21 bits per heavy atom. The normalized spacial score (nSPS) is 12.4. The number of sulfonamides is 1. The van der Waals surface area contributed by atoms with E-state index in [-0.39, 0.29) is 23.2 Å². The molecule has 0 fully saturated rings. The topological polar surface area (TPSA) is 132 Å². The van der Waals surface area contributed by atoms with Gasteiger partial charge in [0, 0.05) is 0 Å². The summed E-state index contributed by atoms with van der Waals surface area (Å²) >= 11 is 0. The molecule has 0 spiro atoms. The molecule has 4 N–H and O–H groups in total. The fraction of sp³-hybridized carbons (Fsp3) is 0.200. The Bertz CT molecular complexity index is 813. The van der Waals surface area contributed by atoms with E-state index in [2.05, 4.69) is 10.6 Å². The van der Waals surface area contributed by atoms with E-state index in [9.17, 15) is 18.0 Å². The summed E-state index contributed by atoms with van der Waals surface area (Å²) in [6.07, 6.45) is 1.36. The molecule has 128 valence electrons.